The van der Waals surface area contributed by atoms with Crippen molar-refractivity contribution in [2.24, 2.45) is 0 Å². The number of aryl methyl sites for hydroxylation is 2. The first-order chi connectivity index (χ1) is 9.16. The van der Waals surface area contributed by atoms with Gasteiger partial charge in [0.05, 0.1) is 5.52 Å². The number of aromatic nitrogens is 3. The van der Waals surface area contributed by atoms with Crippen LogP contribution >= 0.6 is 0 Å². The highest BCUT2D eigenvalue weighted by Crippen LogP contribution is 2.26. The van der Waals surface area contributed by atoms with Crippen LogP contribution < -0.4 is 5.73 Å². The molecule has 0 saturated carbocycles. The molecule has 0 fully saturated rings. The molecular weight excluding hydrogens is 236 g/mol. The lowest BCUT2D eigenvalue weighted by atomic mass is 10.1. The first-order valence-electron chi connectivity index (χ1n) is 6.10. The van der Waals surface area contributed by atoms with Crippen LogP contribution in [0.3, 0.4) is 0 Å². The second-order valence-corrected chi connectivity index (χ2v) is 4.55. The SMILES string of the molecule is Cc1nc(-c2cccnc2)nc2ccc(N)c(C)c12. The standard InChI is InChI=1S/C15H14N4/c1-9-12(16)5-6-13-14(9)10(2)18-15(19-13)11-4-3-7-17-8-11/h3-8H,16H2,1-2H3. The lowest BCUT2D eigenvalue weighted by molar-refractivity contribution is 1.14. The Bertz CT molecular complexity index is 751. The zero-order valence-electron chi connectivity index (χ0n) is 10.9. The molecular formula is C15H14N4. The average Bonchev–Trinajstić information content (AvgIpc) is 2.43. The molecule has 94 valence electrons. The minimum Gasteiger partial charge on any atom is -0.398 e. The summed E-state index contributed by atoms with van der Waals surface area (Å²) < 4.78 is 0. The van der Waals surface area contributed by atoms with Gasteiger partial charge in [0.15, 0.2) is 5.82 Å². The largest absolute Gasteiger partial charge is 0.398 e. The summed E-state index contributed by atoms with van der Waals surface area (Å²) in [6.07, 6.45) is 3.51. The van der Waals surface area contributed by atoms with Gasteiger partial charge in [-0.25, -0.2) is 9.97 Å². The van der Waals surface area contributed by atoms with Crippen LogP contribution in [-0.2, 0) is 0 Å². The molecule has 19 heavy (non-hydrogen) atoms. The van der Waals surface area contributed by atoms with E-state index in [1.54, 1.807) is 12.4 Å². The molecule has 0 aliphatic heterocycles. The van der Waals surface area contributed by atoms with Crippen molar-refractivity contribution in [1.82, 2.24) is 15.0 Å². The predicted octanol–water partition coefficient (Wildman–Crippen LogP) is 2.89. The minimum atomic E-state index is 0.697. The molecule has 2 N–H and O–H groups in total. The third-order valence-electron chi connectivity index (χ3n) is 3.27. The van der Waals surface area contributed by atoms with Crippen molar-refractivity contribution in [3.05, 3.63) is 47.9 Å². The van der Waals surface area contributed by atoms with Crippen molar-refractivity contribution < 1.29 is 0 Å². The first kappa shape index (κ1) is 11.6. The lowest BCUT2D eigenvalue weighted by Gasteiger charge is -2.09. The third kappa shape index (κ3) is 1.91. The Morgan fingerprint density at radius 3 is 2.63 bits per heavy atom. The van der Waals surface area contributed by atoms with Gasteiger partial charge in [0.1, 0.15) is 0 Å². The van der Waals surface area contributed by atoms with Crippen LogP contribution in [0.5, 0.6) is 0 Å². The molecule has 4 nitrogen and oxygen atoms in total. The number of hydrogen-bond acceptors (Lipinski definition) is 4. The number of nitrogens with two attached hydrogens (primary N) is 1. The molecule has 2 heterocycles. The summed E-state index contributed by atoms with van der Waals surface area (Å²) in [6, 6.07) is 7.66. The number of nitrogens with zero attached hydrogens (tertiary/aromatic N) is 3. The molecule has 3 rings (SSSR count). The molecule has 0 aliphatic carbocycles. The van der Waals surface area contributed by atoms with Crippen LogP contribution in [-0.4, -0.2) is 15.0 Å². The van der Waals surface area contributed by atoms with E-state index in [0.717, 1.165) is 33.4 Å². The van der Waals surface area contributed by atoms with E-state index in [1.807, 2.05) is 38.1 Å². The average molecular weight is 250 g/mol. The van der Waals surface area contributed by atoms with Gasteiger partial charge in [-0.3, -0.25) is 4.98 Å². The Kier molecular flexibility index (Phi) is 2.63. The Labute approximate surface area is 111 Å². The molecule has 0 spiro atoms. The summed E-state index contributed by atoms with van der Waals surface area (Å²) >= 11 is 0. The summed E-state index contributed by atoms with van der Waals surface area (Å²) in [7, 11) is 0. The van der Waals surface area contributed by atoms with Crippen molar-refractivity contribution in [3.63, 3.8) is 0 Å². The highest BCUT2D eigenvalue weighted by molar-refractivity contribution is 5.89. The van der Waals surface area contributed by atoms with Crippen LogP contribution in [0.2, 0.25) is 0 Å². The highest BCUT2D eigenvalue weighted by Gasteiger charge is 2.10. The molecule has 3 aromatic rings. The van der Waals surface area contributed by atoms with E-state index in [9.17, 15) is 0 Å². The van der Waals surface area contributed by atoms with Crippen molar-refractivity contribution in [2.45, 2.75) is 13.8 Å². The fourth-order valence-electron chi connectivity index (χ4n) is 2.24. The Morgan fingerprint density at radius 1 is 1.05 bits per heavy atom. The fourth-order valence-corrected chi connectivity index (χ4v) is 2.24. The number of benzene rings is 1. The molecule has 4 heteroatoms. The van der Waals surface area contributed by atoms with Crippen LogP contribution in [0.1, 0.15) is 11.3 Å². The van der Waals surface area contributed by atoms with Gasteiger partial charge < -0.3 is 5.73 Å². The van der Waals surface area contributed by atoms with E-state index in [0.29, 0.717) is 5.82 Å². The normalized spacial score (nSPS) is 10.8. The number of nitrogen functional groups attached to an aromatic ring is 1. The van der Waals surface area contributed by atoms with E-state index in [4.69, 9.17) is 5.73 Å². The van der Waals surface area contributed by atoms with E-state index >= 15 is 0 Å². The van der Waals surface area contributed by atoms with Gasteiger partial charge in [0.25, 0.3) is 0 Å². The molecule has 0 radical (unpaired) electrons. The number of anilines is 1. The van der Waals surface area contributed by atoms with E-state index < -0.39 is 0 Å². The van der Waals surface area contributed by atoms with Crippen molar-refractivity contribution in [1.29, 1.82) is 0 Å². The fraction of sp³-hybridized carbons (Fsp3) is 0.133. The van der Waals surface area contributed by atoms with Crippen LogP contribution in [0.15, 0.2) is 36.7 Å². The van der Waals surface area contributed by atoms with Crippen LogP contribution in [0.4, 0.5) is 5.69 Å². The Morgan fingerprint density at radius 2 is 1.89 bits per heavy atom. The van der Waals surface area contributed by atoms with Crippen LogP contribution in [0, 0.1) is 13.8 Å². The van der Waals surface area contributed by atoms with Gasteiger partial charge in [0.2, 0.25) is 0 Å². The smallest absolute Gasteiger partial charge is 0.161 e. The predicted molar refractivity (Wildman–Crippen MR) is 76.7 cm³/mol. The van der Waals surface area contributed by atoms with Gasteiger partial charge in [0, 0.05) is 34.7 Å². The van der Waals surface area contributed by atoms with Crippen molar-refractivity contribution in [2.75, 3.05) is 5.73 Å². The highest BCUT2D eigenvalue weighted by atomic mass is 14.9. The molecule has 0 bridgehead atoms. The zero-order valence-corrected chi connectivity index (χ0v) is 10.9. The van der Waals surface area contributed by atoms with E-state index in [-0.39, 0.29) is 0 Å². The molecule has 1 aromatic carbocycles. The van der Waals surface area contributed by atoms with Gasteiger partial charge >= 0.3 is 0 Å². The Hall–Kier alpha value is -2.49. The molecule has 0 atom stereocenters. The molecule has 0 aliphatic rings. The molecule has 0 unspecified atom stereocenters. The third-order valence-corrected chi connectivity index (χ3v) is 3.27. The monoisotopic (exact) mass is 250 g/mol. The lowest BCUT2D eigenvalue weighted by Crippen LogP contribution is -1.98. The molecule has 2 aromatic heterocycles. The van der Waals surface area contributed by atoms with Gasteiger partial charge in [-0.2, -0.15) is 0 Å². The van der Waals surface area contributed by atoms with Crippen LogP contribution in [0.25, 0.3) is 22.3 Å². The topological polar surface area (TPSA) is 64.7 Å². The summed E-state index contributed by atoms with van der Waals surface area (Å²) in [6.45, 7) is 3.98. The molecule has 0 saturated heterocycles. The van der Waals surface area contributed by atoms with Crippen molar-refractivity contribution in [3.8, 4) is 11.4 Å². The number of pyridine rings is 1. The van der Waals surface area contributed by atoms with E-state index in [1.165, 1.54) is 0 Å². The summed E-state index contributed by atoms with van der Waals surface area (Å²) in [5.41, 5.74) is 10.5. The quantitative estimate of drug-likeness (QED) is 0.674. The maximum Gasteiger partial charge on any atom is 0.161 e. The minimum absolute atomic E-state index is 0.697. The number of hydrogen-bond donors (Lipinski definition) is 1. The summed E-state index contributed by atoms with van der Waals surface area (Å²) in [5.74, 6) is 0.697. The van der Waals surface area contributed by atoms with Gasteiger partial charge in [-0.05, 0) is 43.7 Å². The van der Waals surface area contributed by atoms with Crippen molar-refractivity contribution >= 4 is 16.6 Å². The summed E-state index contributed by atoms with van der Waals surface area (Å²) in [5, 5.41) is 1.03. The Balaban J connectivity index is 2.30. The van der Waals surface area contributed by atoms with Gasteiger partial charge in [-0.15, -0.1) is 0 Å². The molecule has 0 amide bonds. The second kappa shape index (κ2) is 4.31. The zero-order chi connectivity index (χ0) is 13.4. The first-order valence-corrected chi connectivity index (χ1v) is 6.10. The summed E-state index contributed by atoms with van der Waals surface area (Å²) in [4.78, 5) is 13.3. The second-order valence-electron chi connectivity index (χ2n) is 4.55. The maximum absolute atomic E-state index is 5.94. The van der Waals surface area contributed by atoms with E-state index in [2.05, 4.69) is 15.0 Å². The number of rotatable bonds is 1. The maximum atomic E-state index is 5.94. The number of fused-ring (bicyclic) bond motifs is 1. The van der Waals surface area contributed by atoms with Gasteiger partial charge in [-0.1, -0.05) is 0 Å².